The molecular weight excluding hydrogens is 940 g/mol. The second kappa shape index (κ2) is 16.1. The third-order valence-electron chi connectivity index (χ3n) is 11.7. The topological polar surface area (TPSA) is 33.5 Å². The second-order valence-electron chi connectivity index (χ2n) is 17.9. The summed E-state index contributed by atoms with van der Waals surface area (Å²) in [5.74, 6) is 2.06. The van der Waals surface area contributed by atoms with Crippen molar-refractivity contribution in [3.05, 3.63) is 200 Å². The van der Waals surface area contributed by atoms with Gasteiger partial charge in [0.1, 0.15) is 5.82 Å². The minimum atomic E-state index is -0.0427. The standard InChI is InChI=1S/C56H47N4O.Pt/c1-55(2,3)41-26-28-46(40-19-14-18-39(32-40)38-16-8-7-9-17-38)52(33-41)59-37-58(50-24-12-13-25-51(50)59)43-20-15-21-44(35-43)61-45-27-29-48-47-22-10-11-23-49(47)60(53(48)36-45)54-34-42(30-31-57-54)56(4,5)6;/h7-34,37H,1-6H3;/q-3;. The Labute approximate surface area is 379 Å². The number of fused-ring (bicyclic) bond motifs is 4. The molecule has 1 aliphatic rings. The molecule has 0 saturated carbocycles. The summed E-state index contributed by atoms with van der Waals surface area (Å²) in [4.78, 5) is 9.37. The van der Waals surface area contributed by atoms with Crippen LogP contribution in [0.2, 0.25) is 0 Å². The quantitative estimate of drug-likeness (QED) is 0.149. The number of aromatic nitrogens is 2. The van der Waals surface area contributed by atoms with E-state index in [0.29, 0.717) is 11.5 Å². The van der Waals surface area contributed by atoms with Gasteiger partial charge >= 0.3 is 0 Å². The molecule has 0 atom stereocenters. The van der Waals surface area contributed by atoms with Gasteiger partial charge in [-0.3, -0.25) is 0 Å². The van der Waals surface area contributed by atoms with Gasteiger partial charge in [0.05, 0.1) is 0 Å². The van der Waals surface area contributed by atoms with Crippen LogP contribution in [-0.2, 0) is 31.9 Å². The Morgan fingerprint density at radius 3 is 1.97 bits per heavy atom. The Bertz CT molecular complexity index is 3080. The normalized spacial score (nSPS) is 12.7. The van der Waals surface area contributed by atoms with Crippen LogP contribution in [0.15, 0.2) is 170 Å². The molecule has 9 aromatic rings. The average molecular weight is 987 g/mol. The molecule has 6 heteroatoms. The van der Waals surface area contributed by atoms with Crippen LogP contribution in [0.3, 0.4) is 0 Å². The molecule has 0 amide bonds. The fourth-order valence-corrected chi connectivity index (χ4v) is 8.37. The van der Waals surface area contributed by atoms with Gasteiger partial charge in [0.2, 0.25) is 0 Å². The molecule has 310 valence electrons. The first-order valence-corrected chi connectivity index (χ1v) is 21.0. The second-order valence-corrected chi connectivity index (χ2v) is 17.9. The zero-order chi connectivity index (χ0) is 41.9. The largest absolute Gasteiger partial charge is 0.509 e. The van der Waals surface area contributed by atoms with E-state index in [1.807, 2.05) is 24.4 Å². The molecule has 10 rings (SSSR count). The fourth-order valence-electron chi connectivity index (χ4n) is 8.37. The Hall–Kier alpha value is -6.42. The third kappa shape index (κ3) is 7.60. The van der Waals surface area contributed by atoms with Crippen LogP contribution in [-0.4, -0.2) is 9.55 Å². The van der Waals surface area contributed by atoms with Gasteiger partial charge in [-0.25, -0.2) is 4.98 Å². The van der Waals surface area contributed by atoms with Crippen LogP contribution in [0.1, 0.15) is 52.7 Å². The van der Waals surface area contributed by atoms with E-state index in [-0.39, 0.29) is 31.9 Å². The van der Waals surface area contributed by atoms with Crippen molar-refractivity contribution in [1.29, 1.82) is 0 Å². The molecular formula is C56H47N4OPt-3. The molecule has 62 heavy (non-hydrogen) atoms. The van der Waals surface area contributed by atoms with E-state index in [1.165, 1.54) is 22.3 Å². The number of pyridine rings is 1. The Morgan fingerprint density at radius 1 is 0.516 bits per heavy atom. The maximum absolute atomic E-state index is 6.63. The molecule has 0 spiro atoms. The summed E-state index contributed by atoms with van der Waals surface area (Å²) in [7, 11) is 0. The number of hydrogen-bond donors (Lipinski definition) is 0. The monoisotopic (exact) mass is 986 g/mol. The van der Waals surface area contributed by atoms with Gasteiger partial charge in [0, 0.05) is 66.9 Å². The van der Waals surface area contributed by atoms with Crippen LogP contribution in [0, 0.1) is 18.8 Å². The predicted molar refractivity (Wildman–Crippen MR) is 252 cm³/mol. The van der Waals surface area contributed by atoms with Gasteiger partial charge in [-0.2, -0.15) is 12.1 Å². The zero-order valence-corrected chi connectivity index (χ0v) is 38.0. The number of para-hydroxylation sites is 3. The number of ether oxygens (including phenoxy) is 1. The number of benzene rings is 7. The SMILES string of the molecule is CC(C)(C)c1ccnc(-n2c3[c-]c(Oc4[c-]c(N5[CH-]N(c6cc(C(C)(C)C)ccc6-c6cccc(-c7ccccc7)c6)c6ccccc65)ccc4)ccc3c3ccccc32)c1.[Pt]. The molecule has 0 unspecified atom stereocenters. The van der Waals surface area contributed by atoms with E-state index >= 15 is 0 Å². The summed E-state index contributed by atoms with van der Waals surface area (Å²) in [5, 5.41) is 2.23. The molecule has 1 aliphatic heterocycles. The molecule has 0 saturated heterocycles. The van der Waals surface area contributed by atoms with Crippen molar-refractivity contribution in [3.63, 3.8) is 0 Å². The molecule has 5 nitrogen and oxygen atoms in total. The van der Waals surface area contributed by atoms with E-state index in [4.69, 9.17) is 9.72 Å². The van der Waals surface area contributed by atoms with Gasteiger partial charge < -0.3 is 19.1 Å². The van der Waals surface area contributed by atoms with Crippen molar-refractivity contribution in [2.75, 3.05) is 9.80 Å². The van der Waals surface area contributed by atoms with Crippen LogP contribution in [0.5, 0.6) is 11.5 Å². The first kappa shape index (κ1) is 41.0. The predicted octanol–water partition coefficient (Wildman–Crippen LogP) is 14.9. The third-order valence-corrected chi connectivity index (χ3v) is 11.7. The Balaban J connectivity index is 0.00000490. The molecule has 0 bridgehead atoms. The van der Waals surface area contributed by atoms with Gasteiger partial charge in [-0.1, -0.05) is 138 Å². The molecule has 0 aliphatic carbocycles. The maximum atomic E-state index is 6.63. The van der Waals surface area contributed by atoms with Gasteiger partial charge in [0.25, 0.3) is 0 Å². The van der Waals surface area contributed by atoms with Crippen molar-refractivity contribution < 1.29 is 25.8 Å². The maximum Gasteiger partial charge on any atom is 0.135 e. The summed E-state index contributed by atoms with van der Waals surface area (Å²) < 4.78 is 8.82. The summed E-state index contributed by atoms with van der Waals surface area (Å²) in [6.07, 6.45) is 1.90. The van der Waals surface area contributed by atoms with Crippen molar-refractivity contribution in [1.82, 2.24) is 9.55 Å². The number of rotatable bonds is 7. The van der Waals surface area contributed by atoms with E-state index in [2.05, 4.69) is 220 Å². The van der Waals surface area contributed by atoms with Gasteiger partial charge in [-0.05, 0) is 86.5 Å². The van der Waals surface area contributed by atoms with Gasteiger partial charge in [-0.15, -0.1) is 48.1 Å². The van der Waals surface area contributed by atoms with Crippen LogP contribution >= 0.6 is 0 Å². The molecule has 3 heterocycles. The summed E-state index contributed by atoms with van der Waals surface area (Å²) in [5.41, 5.74) is 13.2. The number of hydrogen-bond acceptors (Lipinski definition) is 4. The number of nitrogens with zero attached hydrogens (tertiary/aromatic N) is 4. The van der Waals surface area contributed by atoms with Crippen molar-refractivity contribution >= 4 is 44.6 Å². The average Bonchev–Trinajstić information content (AvgIpc) is 3.82. The van der Waals surface area contributed by atoms with Gasteiger partial charge in [0.15, 0.2) is 0 Å². The summed E-state index contributed by atoms with van der Waals surface area (Å²) >= 11 is 0. The van der Waals surface area contributed by atoms with E-state index < -0.39 is 0 Å². The molecule has 2 aromatic heterocycles. The smallest absolute Gasteiger partial charge is 0.135 e. The molecule has 0 radical (unpaired) electrons. The minimum absolute atomic E-state index is 0. The summed E-state index contributed by atoms with van der Waals surface area (Å²) in [6.45, 7) is 15.7. The van der Waals surface area contributed by atoms with Crippen molar-refractivity contribution in [3.8, 4) is 39.6 Å². The van der Waals surface area contributed by atoms with Crippen LogP contribution in [0.4, 0.5) is 22.7 Å². The summed E-state index contributed by atoms with van der Waals surface area (Å²) in [6, 6.07) is 65.0. The van der Waals surface area contributed by atoms with Crippen LogP contribution in [0.25, 0.3) is 49.9 Å². The zero-order valence-electron chi connectivity index (χ0n) is 35.8. The number of anilines is 4. The molecule has 0 N–H and O–H groups in total. The minimum Gasteiger partial charge on any atom is -0.509 e. The van der Waals surface area contributed by atoms with E-state index in [0.717, 1.165) is 61.5 Å². The first-order chi connectivity index (χ1) is 29.5. The van der Waals surface area contributed by atoms with E-state index in [9.17, 15) is 0 Å². The fraction of sp³-hybridized carbons (Fsp3) is 0.143. The van der Waals surface area contributed by atoms with Crippen LogP contribution < -0.4 is 14.5 Å². The van der Waals surface area contributed by atoms with Crippen molar-refractivity contribution in [2.45, 2.75) is 52.4 Å². The van der Waals surface area contributed by atoms with Crippen molar-refractivity contribution in [2.24, 2.45) is 0 Å². The Kier molecular flexibility index (Phi) is 10.7. The molecule has 0 fully saturated rings. The molecule has 7 aromatic carbocycles. The Morgan fingerprint density at radius 2 is 1.18 bits per heavy atom. The first-order valence-electron chi connectivity index (χ1n) is 21.0. The van der Waals surface area contributed by atoms with E-state index in [1.54, 1.807) is 0 Å².